The predicted molar refractivity (Wildman–Crippen MR) is 201 cm³/mol. The molecule has 5 rings (SSSR count). The number of carbonyl (C=O) groups is 2. The van der Waals surface area contributed by atoms with E-state index in [2.05, 4.69) is 38.2 Å². The van der Waals surface area contributed by atoms with Gasteiger partial charge < -0.3 is 24.1 Å². The summed E-state index contributed by atoms with van der Waals surface area (Å²) < 4.78 is 24.6. The van der Waals surface area contributed by atoms with Crippen LogP contribution in [0.2, 0.25) is 0 Å². The molecule has 0 aliphatic carbocycles. The molecule has 0 spiro atoms. The van der Waals surface area contributed by atoms with Crippen molar-refractivity contribution in [2.75, 3.05) is 26.6 Å². The zero-order chi connectivity index (χ0) is 35.7. The summed E-state index contributed by atoms with van der Waals surface area (Å²) in [6, 6.07) is 26.2. The molecule has 3 aromatic rings. The molecular formula is C40H49NO7S2. The van der Waals surface area contributed by atoms with Crippen molar-refractivity contribution in [1.82, 2.24) is 5.32 Å². The molecule has 10 heteroatoms. The van der Waals surface area contributed by atoms with Crippen LogP contribution in [0.25, 0.3) is 0 Å². The quantitative estimate of drug-likeness (QED) is 0.0941. The summed E-state index contributed by atoms with van der Waals surface area (Å²) >= 11 is 0. The van der Waals surface area contributed by atoms with Crippen molar-refractivity contribution in [2.24, 2.45) is 5.92 Å². The first-order valence-electron chi connectivity index (χ1n) is 17.2. The number of ether oxygens (including phenoxy) is 4. The molecule has 0 bridgehead atoms. The van der Waals surface area contributed by atoms with Gasteiger partial charge in [0.1, 0.15) is 17.1 Å². The molecule has 2 heterocycles. The molecule has 1 saturated heterocycles. The van der Waals surface area contributed by atoms with Gasteiger partial charge >= 0.3 is 0 Å². The molecule has 3 aromatic carbocycles. The monoisotopic (exact) mass is 719 g/mol. The smallest absolute Gasteiger partial charge is 0.250 e. The van der Waals surface area contributed by atoms with Gasteiger partial charge in [-0.1, -0.05) is 97.0 Å². The van der Waals surface area contributed by atoms with E-state index in [1.54, 1.807) is 35.8 Å². The summed E-state index contributed by atoms with van der Waals surface area (Å²) in [4.78, 5) is 25.0. The van der Waals surface area contributed by atoms with Crippen LogP contribution >= 0.6 is 21.6 Å². The molecule has 2 unspecified atom stereocenters. The fourth-order valence-corrected chi connectivity index (χ4v) is 9.03. The molecular weight excluding hydrogens is 671 g/mol. The number of imide groups is 1. The van der Waals surface area contributed by atoms with Crippen molar-refractivity contribution >= 4 is 33.4 Å². The summed E-state index contributed by atoms with van der Waals surface area (Å²) in [5.41, 5.74) is 2.60. The van der Waals surface area contributed by atoms with Crippen molar-refractivity contribution in [3.8, 4) is 11.5 Å². The van der Waals surface area contributed by atoms with Crippen LogP contribution in [0, 0.1) is 5.92 Å². The Balaban J connectivity index is 1.31. The second-order valence-electron chi connectivity index (χ2n) is 13.8. The van der Waals surface area contributed by atoms with E-state index in [4.69, 9.17) is 18.9 Å². The number of methoxy groups -OCH3 is 2. The molecule has 0 radical (unpaired) electrons. The average Bonchev–Trinajstić information content (AvgIpc) is 3.51. The van der Waals surface area contributed by atoms with E-state index in [0.717, 1.165) is 41.0 Å². The van der Waals surface area contributed by atoms with Gasteiger partial charge in [-0.3, -0.25) is 14.9 Å². The van der Waals surface area contributed by atoms with Crippen LogP contribution in [0.4, 0.5) is 0 Å². The van der Waals surface area contributed by atoms with Crippen molar-refractivity contribution in [3.05, 3.63) is 107 Å². The van der Waals surface area contributed by atoms with Gasteiger partial charge in [0.2, 0.25) is 5.91 Å². The first-order valence-corrected chi connectivity index (χ1v) is 19.5. The molecule has 268 valence electrons. The summed E-state index contributed by atoms with van der Waals surface area (Å²) in [5, 5.41) is 13.6. The third kappa shape index (κ3) is 9.73. The lowest BCUT2D eigenvalue weighted by molar-refractivity contribution is -0.128. The van der Waals surface area contributed by atoms with Gasteiger partial charge in [-0.25, -0.2) is 0 Å². The lowest BCUT2D eigenvalue weighted by atomic mass is 9.80. The minimum atomic E-state index is -0.930. The van der Waals surface area contributed by atoms with E-state index < -0.39 is 17.6 Å². The van der Waals surface area contributed by atoms with E-state index in [-0.39, 0.29) is 35.2 Å². The molecule has 4 atom stereocenters. The first kappa shape index (κ1) is 38.0. The fourth-order valence-electron chi connectivity index (χ4n) is 6.64. The summed E-state index contributed by atoms with van der Waals surface area (Å²) in [7, 11) is 6.58. The van der Waals surface area contributed by atoms with Crippen LogP contribution < -0.4 is 14.8 Å². The highest BCUT2D eigenvalue weighted by molar-refractivity contribution is 8.77. The highest BCUT2D eigenvalue weighted by Crippen LogP contribution is 2.43. The number of aliphatic hydroxyl groups is 1. The van der Waals surface area contributed by atoms with Crippen LogP contribution in [0.1, 0.15) is 69.6 Å². The normalized spacial score (nSPS) is 20.5. The topological polar surface area (TPSA) is 103 Å². The molecule has 8 nitrogen and oxygen atoms in total. The number of amides is 2. The molecule has 2 aliphatic rings. The lowest BCUT2D eigenvalue weighted by Crippen LogP contribution is -2.36. The van der Waals surface area contributed by atoms with E-state index >= 15 is 0 Å². The Morgan fingerprint density at radius 2 is 1.42 bits per heavy atom. The van der Waals surface area contributed by atoms with Crippen LogP contribution in [0.15, 0.2) is 90.5 Å². The SMILES string of the molecule is COc1ccc(C(OC[C@@H]2CC[C@H](CCC3CC(=O)NC(=O)C=C3C(O)CSSC(C)(C)C)O2)(c2ccccc2)c2ccc(OC)cc2)cc1. The fraction of sp³-hybridized carbons (Fsp3) is 0.450. The zero-order valence-corrected chi connectivity index (χ0v) is 31.2. The van der Waals surface area contributed by atoms with Crippen molar-refractivity contribution in [3.63, 3.8) is 0 Å². The number of benzene rings is 3. The summed E-state index contributed by atoms with van der Waals surface area (Å²) in [5.74, 6) is 0.933. The second kappa shape index (κ2) is 17.3. The largest absolute Gasteiger partial charge is 0.497 e. The summed E-state index contributed by atoms with van der Waals surface area (Å²) in [6.45, 7) is 6.72. The Bertz CT molecular complexity index is 1540. The zero-order valence-electron chi connectivity index (χ0n) is 29.6. The molecule has 1 fully saturated rings. The van der Waals surface area contributed by atoms with Crippen molar-refractivity contribution in [1.29, 1.82) is 0 Å². The minimum Gasteiger partial charge on any atom is -0.497 e. The highest BCUT2D eigenvalue weighted by atomic mass is 33.1. The number of carbonyl (C=O) groups excluding carboxylic acids is 2. The number of hydrogen-bond donors (Lipinski definition) is 2. The second-order valence-corrected chi connectivity index (χ2v) is 17.0. The number of rotatable bonds is 15. The number of aliphatic hydroxyl groups excluding tert-OH is 1. The lowest BCUT2D eigenvalue weighted by Gasteiger charge is -2.37. The van der Waals surface area contributed by atoms with Gasteiger partial charge in [0.15, 0.2) is 0 Å². The standard InChI is InChI=1S/C40H49NO7S2/c1-39(2,3)50-49-26-36(42)35-24-38(44)41-37(43)23-27(35)11-16-33-21-22-34(48-33)25-47-40(28-9-7-6-8-10-28,29-12-17-31(45-4)18-13-29)30-14-19-32(46-5)20-15-30/h6-10,12-15,17-20,24,27,33-34,36,42H,11,16,21-23,25-26H2,1-5H3,(H,41,43,44)/t27?,33-,34-,36?/m0/s1. The maximum atomic E-state index is 12.5. The van der Waals surface area contributed by atoms with Gasteiger partial charge in [0.05, 0.1) is 39.1 Å². The predicted octanol–water partition coefficient (Wildman–Crippen LogP) is 7.47. The molecule has 2 aliphatic heterocycles. The number of nitrogens with one attached hydrogen (secondary N) is 1. The van der Waals surface area contributed by atoms with Gasteiger partial charge in [0.25, 0.3) is 5.91 Å². The van der Waals surface area contributed by atoms with Crippen LogP contribution in [0.3, 0.4) is 0 Å². The van der Waals surface area contributed by atoms with Gasteiger partial charge in [-0.2, -0.15) is 0 Å². The van der Waals surface area contributed by atoms with E-state index in [9.17, 15) is 14.7 Å². The Morgan fingerprint density at radius 1 is 0.840 bits per heavy atom. The van der Waals surface area contributed by atoms with Gasteiger partial charge in [-0.05, 0) is 78.1 Å². The molecule has 2 amide bonds. The Kier molecular flexibility index (Phi) is 13.1. The van der Waals surface area contributed by atoms with Crippen molar-refractivity contribution in [2.45, 2.75) is 81.5 Å². The molecule has 2 N–H and O–H groups in total. The van der Waals surface area contributed by atoms with Gasteiger partial charge in [0, 0.05) is 23.0 Å². The van der Waals surface area contributed by atoms with Gasteiger partial charge in [-0.15, -0.1) is 0 Å². The minimum absolute atomic E-state index is 0.0251. The Labute approximate surface area is 304 Å². The van der Waals surface area contributed by atoms with Crippen LogP contribution in [-0.4, -0.2) is 66.6 Å². The van der Waals surface area contributed by atoms with E-state index in [1.165, 1.54) is 6.08 Å². The maximum absolute atomic E-state index is 12.5. The average molecular weight is 720 g/mol. The summed E-state index contributed by atoms with van der Waals surface area (Å²) in [6.07, 6.45) is 3.63. The van der Waals surface area contributed by atoms with E-state index in [0.29, 0.717) is 30.8 Å². The number of hydrogen-bond acceptors (Lipinski definition) is 9. The molecule has 0 aromatic heterocycles. The van der Waals surface area contributed by atoms with Crippen LogP contribution in [-0.2, 0) is 24.7 Å². The van der Waals surface area contributed by atoms with Crippen molar-refractivity contribution < 1.29 is 33.6 Å². The highest BCUT2D eigenvalue weighted by Gasteiger charge is 2.40. The third-order valence-corrected chi connectivity index (χ3v) is 12.4. The Hall–Kier alpha value is -3.28. The first-order chi connectivity index (χ1) is 24.0. The van der Waals surface area contributed by atoms with E-state index in [1.807, 2.05) is 66.7 Å². The van der Waals surface area contributed by atoms with Crippen LogP contribution in [0.5, 0.6) is 11.5 Å². The Morgan fingerprint density at radius 3 is 2.00 bits per heavy atom. The molecule has 50 heavy (non-hydrogen) atoms. The third-order valence-electron chi connectivity index (χ3n) is 9.07. The maximum Gasteiger partial charge on any atom is 0.250 e. The molecule has 0 saturated carbocycles.